The van der Waals surface area contributed by atoms with Gasteiger partial charge in [0, 0.05) is 44.1 Å². The number of rotatable bonds is 5. The molecule has 2 aromatic rings. The van der Waals surface area contributed by atoms with Crippen molar-refractivity contribution in [3.63, 3.8) is 0 Å². The minimum Gasteiger partial charge on any atom is -0.454 e. The molecule has 2 aliphatic heterocycles. The van der Waals surface area contributed by atoms with E-state index in [0.29, 0.717) is 13.3 Å². The number of aryl methyl sites for hydroxylation is 2. The van der Waals surface area contributed by atoms with Gasteiger partial charge in [-0.25, -0.2) is 9.98 Å². The summed E-state index contributed by atoms with van der Waals surface area (Å²) in [6.45, 7) is 13.0. The molecule has 156 valence electrons. The van der Waals surface area contributed by atoms with Crippen molar-refractivity contribution in [3.05, 3.63) is 39.3 Å². The van der Waals surface area contributed by atoms with Crippen LogP contribution >= 0.6 is 11.3 Å². The van der Waals surface area contributed by atoms with E-state index in [2.05, 4.69) is 53.0 Å². The SMILES string of the molecule is CCNC(=NCc1sc(C)nc1C)N1CCN(Cc2ccc3c(c2)OCO3)CC1. The number of piperazine rings is 1. The van der Waals surface area contributed by atoms with Gasteiger partial charge < -0.3 is 19.7 Å². The van der Waals surface area contributed by atoms with Crippen molar-refractivity contribution in [1.29, 1.82) is 0 Å². The monoisotopic (exact) mass is 415 g/mol. The molecule has 0 unspecified atom stereocenters. The molecule has 8 heteroatoms. The first-order valence-electron chi connectivity index (χ1n) is 10.2. The quantitative estimate of drug-likeness (QED) is 0.599. The number of fused-ring (bicyclic) bond motifs is 1. The van der Waals surface area contributed by atoms with Crippen LogP contribution in [0.1, 0.15) is 28.1 Å². The van der Waals surface area contributed by atoms with Gasteiger partial charge in [0.25, 0.3) is 0 Å². The van der Waals surface area contributed by atoms with Crippen molar-refractivity contribution in [2.45, 2.75) is 33.9 Å². The maximum absolute atomic E-state index is 5.50. The molecule has 7 nitrogen and oxygen atoms in total. The van der Waals surface area contributed by atoms with Gasteiger partial charge >= 0.3 is 0 Å². The van der Waals surface area contributed by atoms with Gasteiger partial charge in [-0.3, -0.25) is 4.90 Å². The zero-order chi connectivity index (χ0) is 20.2. The zero-order valence-corrected chi connectivity index (χ0v) is 18.2. The Kier molecular flexibility index (Phi) is 6.20. The van der Waals surface area contributed by atoms with E-state index < -0.39 is 0 Å². The number of hydrogen-bond acceptors (Lipinski definition) is 6. The maximum atomic E-state index is 5.50. The highest BCUT2D eigenvalue weighted by Gasteiger charge is 2.21. The Hall–Kier alpha value is -2.32. The first kappa shape index (κ1) is 20.0. The van der Waals surface area contributed by atoms with Gasteiger partial charge in [0.05, 0.1) is 17.2 Å². The first-order valence-corrected chi connectivity index (χ1v) is 11.0. The summed E-state index contributed by atoms with van der Waals surface area (Å²) in [5.74, 6) is 2.70. The van der Waals surface area contributed by atoms with Crippen molar-refractivity contribution < 1.29 is 9.47 Å². The smallest absolute Gasteiger partial charge is 0.231 e. The van der Waals surface area contributed by atoms with E-state index in [1.807, 2.05) is 6.07 Å². The Labute approximate surface area is 176 Å². The molecule has 1 fully saturated rings. The summed E-state index contributed by atoms with van der Waals surface area (Å²) in [4.78, 5) is 15.5. The molecule has 0 spiro atoms. The number of hydrogen-bond donors (Lipinski definition) is 1. The number of guanidine groups is 1. The number of aromatic nitrogens is 1. The van der Waals surface area contributed by atoms with Crippen molar-refractivity contribution in [2.75, 3.05) is 39.5 Å². The first-order chi connectivity index (χ1) is 14.1. The fraction of sp³-hybridized carbons (Fsp3) is 0.524. The van der Waals surface area contributed by atoms with Crippen LogP contribution in [0.2, 0.25) is 0 Å². The molecule has 1 saturated heterocycles. The fourth-order valence-corrected chi connectivity index (χ4v) is 4.57. The van der Waals surface area contributed by atoms with E-state index in [1.54, 1.807) is 11.3 Å². The molecule has 2 aliphatic rings. The molecule has 0 saturated carbocycles. The highest BCUT2D eigenvalue weighted by molar-refractivity contribution is 7.11. The average Bonchev–Trinajstić information content (AvgIpc) is 3.31. The number of benzene rings is 1. The van der Waals surface area contributed by atoms with Gasteiger partial charge in [0.15, 0.2) is 17.5 Å². The fourth-order valence-electron chi connectivity index (χ4n) is 3.71. The van der Waals surface area contributed by atoms with Crippen LogP contribution in [0.5, 0.6) is 11.5 Å². The summed E-state index contributed by atoms with van der Waals surface area (Å²) >= 11 is 1.74. The highest BCUT2D eigenvalue weighted by Crippen LogP contribution is 2.32. The molecule has 0 bridgehead atoms. The third kappa shape index (κ3) is 4.82. The standard InChI is InChI=1S/C21H29N5O2S/c1-4-22-21(23-12-20-15(2)24-16(3)29-20)26-9-7-25(8-10-26)13-17-5-6-18-19(11-17)28-14-27-18/h5-6,11H,4,7-10,12-14H2,1-3H3,(H,22,23). The van der Waals surface area contributed by atoms with Crippen molar-refractivity contribution >= 4 is 17.3 Å². The molecule has 0 amide bonds. The lowest BCUT2D eigenvalue weighted by atomic mass is 10.1. The van der Waals surface area contributed by atoms with E-state index >= 15 is 0 Å². The molecule has 1 aromatic carbocycles. The summed E-state index contributed by atoms with van der Waals surface area (Å²) in [5.41, 5.74) is 2.36. The molecule has 0 radical (unpaired) electrons. The second kappa shape index (κ2) is 9.00. The van der Waals surface area contributed by atoms with E-state index in [-0.39, 0.29) is 0 Å². The molecule has 3 heterocycles. The third-order valence-electron chi connectivity index (χ3n) is 5.22. The predicted octanol–water partition coefficient (Wildman–Crippen LogP) is 2.77. The van der Waals surface area contributed by atoms with Crippen LogP contribution in [0.3, 0.4) is 0 Å². The zero-order valence-electron chi connectivity index (χ0n) is 17.4. The van der Waals surface area contributed by atoms with E-state index in [1.165, 1.54) is 10.4 Å². The maximum Gasteiger partial charge on any atom is 0.231 e. The second-order valence-electron chi connectivity index (χ2n) is 7.36. The largest absolute Gasteiger partial charge is 0.454 e. The topological polar surface area (TPSA) is 62.2 Å². The van der Waals surface area contributed by atoms with Crippen LogP contribution in [0, 0.1) is 13.8 Å². The lowest BCUT2D eigenvalue weighted by molar-refractivity contribution is 0.171. The van der Waals surface area contributed by atoms with Crippen LogP contribution in [-0.2, 0) is 13.1 Å². The molecule has 0 atom stereocenters. The van der Waals surface area contributed by atoms with Crippen molar-refractivity contribution in [2.24, 2.45) is 4.99 Å². The van der Waals surface area contributed by atoms with Gasteiger partial charge in [-0.15, -0.1) is 11.3 Å². The van der Waals surface area contributed by atoms with Crippen LogP contribution < -0.4 is 14.8 Å². The lowest BCUT2D eigenvalue weighted by Crippen LogP contribution is -2.52. The predicted molar refractivity (Wildman–Crippen MR) is 116 cm³/mol. The van der Waals surface area contributed by atoms with Gasteiger partial charge in [-0.1, -0.05) is 6.07 Å². The highest BCUT2D eigenvalue weighted by atomic mass is 32.1. The van der Waals surface area contributed by atoms with Crippen LogP contribution in [0.25, 0.3) is 0 Å². The third-order valence-corrected chi connectivity index (χ3v) is 6.28. The summed E-state index contributed by atoms with van der Waals surface area (Å²) < 4.78 is 10.9. The number of thiazole rings is 1. The Morgan fingerprint density at radius 1 is 1.17 bits per heavy atom. The molecule has 4 rings (SSSR count). The van der Waals surface area contributed by atoms with E-state index in [4.69, 9.17) is 14.5 Å². The van der Waals surface area contributed by atoms with Crippen LogP contribution in [0.15, 0.2) is 23.2 Å². The number of aliphatic imine (C=N–C) groups is 1. The second-order valence-corrected chi connectivity index (χ2v) is 8.65. The molecule has 1 aromatic heterocycles. The molecular formula is C21H29N5O2S. The summed E-state index contributed by atoms with van der Waals surface area (Å²) in [5, 5.41) is 4.56. The Balaban J connectivity index is 1.34. The van der Waals surface area contributed by atoms with Crippen LogP contribution in [0.4, 0.5) is 0 Å². The van der Waals surface area contributed by atoms with Gasteiger partial charge in [-0.05, 0) is 38.5 Å². The van der Waals surface area contributed by atoms with Crippen molar-refractivity contribution in [1.82, 2.24) is 20.1 Å². The van der Waals surface area contributed by atoms with Crippen molar-refractivity contribution in [3.8, 4) is 11.5 Å². The minimum absolute atomic E-state index is 0.324. The molecule has 1 N–H and O–H groups in total. The Morgan fingerprint density at radius 2 is 1.97 bits per heavy atom. The Morgan fingerprint density at radius 3 is 2.69 bits per heavy atom. The van der Waals surface area contributed by atoms with E-state index in [9.17, 15) is 0 Å². The molecular weight excluding hydrogens is 386 g/mol. The van der Waals surface area contributed by atoms with Gasteiger partial charge in [-0.2, -0.15) is 0 Å². The summed E-state index contributed by atoms with van der Waals surface area (Å²) in [6, 6.07) is 6.23. The Bertz CT molecular complexity index is 874. The normalized spacial score (nSPS) is 17.1. The molecule has 29 heavy (non-hydrogen) atoms. The number of nitrogens with one attached hydrogen (secondary N) is 1. The molecule has 0 aliphatic carbocycles. The summed E-state index contributed by atoms with van der Waals surface area (Å²) in [7, 11) is 0. The van der Waals surface area contributed by atoms with Gasteiger partial charge in [0.2, 0.25) is 6.79 Å². The van der Waals surface area contributed by atoms with E-state index in [0.717, 1.165) is 67.4 Å². The number of ether oxygens (including phenoxy) is 2. The van der Waals surface area contributed by atoms with Crippen LogP contribution in [-0.4, -0.2) is 60.3 Å². The minimum atomic E-state index is 0.324. The number of nitrogens with zero attached hydrogens (tertiary/aromatic N) is 4. The summed E-state index contributed by atoms with van der Waals surface area (Å²) in [6.07, 6.45) is 0. The van der Waals surface area contributed by atoms with Gasteiger partial charge in [0.1, 0.15) is 0 Å². The lowest BCUT2D eigenvalue weighted by Gasteiger charge is -2.36. The average molecular weight is 416 g/mol.